The van der Waals surface area contributed by atoms with Gasteiger partial charge in [-0.25, -0.2) is 9.78 Å². The number of nitrogens with zero attached hydrogens (tertiary/aromatic N) is 3. The average molecular weight is 433 g/mol. The lowest BCUT2D eigenvalue weighted by Crippen LogP contribution is -2.20. The smallest absolute Gasteiger partial charge is 0.350 e. The minimum absolute atomic E-state index is 0.0249. The van der Waals surface area contributed by atoms with Crippen LogP contribution < -0.4 is 10.7 Å². The number of rotatable bonds is 6. The van der Waals surface area contributed by atoms with Crippen LogP contribution >= 0.6 is 23.1 Å². The topological polar surface area (TPSA) is 136 Å². The third-order valence-corrected chi connectivity index (χ3v) is 5.52. The lowest BCUT2D eigenvalue weighted by Gasteiger charge is -1.97. The number of thioether (sulfide) groups is 1. The van der Waals surface area contributed by atoms with E-state index in [0.717, 1.165) is 23.1 Å². The number of hydrogen-bond acceptors (Lipinski definition) is 10. The van der Waals surface area contributed by atoms with Crippen molar-refractivity contribution >= 4 is 57.0 Å². The van der Waals surface area contributed by atoms with Crippen molar-refractivity contribution in [2.75, 3.05) is 12.0 Å². The normalized spacial score (nSPS) is 16.1. The number of anilines is 1. The van der Waals surface area contributed by atoms with E-state index in [1.807, 2.05) is 0 Å². The molecule has 0 bridgehead atoms. The summed E-state index contributed by atoms with van der Waals surface area (Å²) in [7, 11) is 0. The summed E-state index contributed by atoms with van der Waals surface area (Å²) in [4.78, 5) is 39.1. The molecule has 0 spiro atoms. The lowest BCUT2D eigenvalue weighted by atomic mass is 10.2. The van der Waals surface area contributed by atoms with Gasteiger partial charge in [-0.1, -0.05) is 11.3 Å². The molecule has 0 aliphatic carbocycles. The van der Waals surface area contributed by atoms with Gasteiger partial charge < -0.3 is 4.74 Å². The summed E-state index contributed by atoms with van der Waals surface area (Å²) in [5.74, 6) is -0.781. The van der Waals surface area contributed by atoms with Crippen LogP contribution in [0.1, 0.15) is 27.9 Å². The van der Waals surface area contributed by atoms with Crippen LogP contribution in [0.25, 0.3) is 6.08 Å². The second-order valence-corrected chi connectivity index (χ2v) is 7.63. The number of nitro benzene ring substituents is 1. The molecular formula is C17H15N5O5S2. The Morgan fingerprint density at radius 2 is 2.14 bits per heavy atom. The third-order valence-electron chi connectivity index (χ3n) is 3.56. The van der Waals surface area contributed by atoms with Crippen molar-refractivity contribution in [2.24, 2.45) is 5.10 Å². The number of amidine groups is 1. The minimum Gasteiger partial charge on any atom is -0.462 e. The number of carbonyl (C=O) groups excluding carboxylic acids is 2. The molecule has 3 rings (SSSR count). The average Bonchev–Trinajstić information content (AvgIpc) is 3.23. The molecule has 1 aliphatic heterocycles. The standard InChI is InChI=1S/C17H15N5O5S2/c1-3-27-15(24)13-9(2)18-16(29-13)20-21-17-19-14(23)12(28-17)8-10-4-6-11(7-5-10)22(25)26/h4-8H,3H2,1-2H3,(H,18,20)(H,19,21,23)/b12-8+. The summed E-state index contributed by atoms with van der Waals surface area (Å²) < 4.78 is 4.97. The first kappa shape index (κ1) is 20.5. The molecule has 29 heavy (non-hydrogen) atoms. The molecular weight excluding hydrogens is 418 g/mol. The highest BCUT2D eigenvalue weighted by molar-refractivity contribution is 8.18. The number of amides is 1. The number of hydrogen-bond donors (Lipinski definition) is 2. The van der Waals surface area contributed by atoms with E-state index in [-0.39, 0.29) is 18.2 Å². The van der Waals surface area contributed by atoms with Crippen LogP contribution in [0.5, 0.6) is 0 Å². The Balaban J connectivity index is 1.68. The number of carbonyl (C=O) groups is 2. The van der Waals surface area contributed by atoms with E-state index in [1.54, 1.807) is 32.1 Å². The number of esters is 1. The number of ether oxygens (including phenoxy) is 1. The van der Waals surface area contributed by atoms with Gasteiger partial charge in [-0.3, -0.25) is 25.7 Å². The molecule has 1 saturated heterocycles. The van der Waals surface area contributed by atoms with Gasteiger partial charge in [0.25, 0.3) is 11.6 Å². The van der Waals surface area contributed by atoms with Gasteiger partial charge >= 0.3 is 5.97 Å². The number of hydrazone groups is 1. The monoisotopic (exact) mass is 433 g/mol. The highest BCUT2D eigenvalue weighted by Crippen LogP contribution is 2.28. The van der Waals surface area contributed by atoms with Crippen molar-refractivity contribution in [1.29, 1.82) is 0 Å². The fraction of sp³-hybridized carbons (Fsp3) is 0.176. The summed E-state index contributed by atoms with van der Waals surface area (Å²) in [6, 6.07) is 5.85. The maximum absolute atomic E-state index is 12.1. The Bertz CT molecular complexity index is 1030. The zero-order chi connectivity index (χ0) is 21.0. The Labute approximate surface area is 173 Å². The molecule has 1 aromatic heterocycles. The quantitative estimate of drug-likeness (QED) is 0.307. The molecule has 12 heteroatoms. The minimum atomic E-state index is -0.488. The van der Waals surface area contributed by atoms with Gasteiger partial charge in [-0.05, 0) is 49.4 Å². The first-order chi connectivity index (χ1) is 13.9. The van der Waals surface area contributed by atoms with Gasteiger partial charge in [0.2, 0.25) is 5.13 Å². The highest BCUT2D eigenvalue weighted by atomic mass is 32.2. The second-order valence-electron chi connectivity index (χ2n) is 5.60. The Morgan fingerprint density at radius 3 is 2.79 bits per heavy atom. The number of aryl methyl sites for hydroxylation is 1. The summed E-state index contributed by atoms with van der Waals surface area (Å²) in [5.41, 5.74) is 3.87. The largest absolute Gasteiger partial charge is 0.462 e. The van der Waals surface area contributed by atoms with Crippen LogP contribution in [-0.2, 0) is 9.53 Å². The maximum atomic E-state index is 12.1. The second kappa shape index (κ2) is 8.84. The summed E-state index contributed by atoms with van der Waals surface area (Å²) >= 11 is 2.21. The number of thiazole rings is 1. The molecule has 2 aromatic rings. The molecule has 1 fully saturated rings. The van der Waals surface area contributed by atoms with E-state index in [1.165, 1.54) is 12.1 Å². The number of nitrogens with one attached hydrogen (secondary N) is 2. The molecule has 1 amide bonds. The van der Waals surface area contributed by atoms with Crippen molar-refractivity contribution in [3.05, 3.63) is 55.4 Å². The van der Waals surface area contributed by atoms with Gasteiger partial charge in [-0.2, -0.15) is 0 Å². The van der Waals surface area contributed by atoms with Crippen molar-refractivity contribution in [3.63, 3.8) is 0 Å². The molecule has 1 aliphatic rings. The molecule has 150 valence electrons. The van der Waals surface area contributed by atoms with E-state index in [4.69, 9.17) is 4.74 Å². The Hall–Kier alpha value is -3.25. The molecule has 0 radical (unpaired) electrons. The van der Waals surface area contributed by atoms with Crippen LogP contribution in [0, 0.1) is 17.0 Å². The molecule has 2 N–H and O–H groups in total. The molecule has 1 aromatic carbocycles. The maximum Gasteiger partial charge on any atom is 0.350 e. The molecule has 0 unspecified atom stereocenters. The molecule has 0 atom stereocenters. The van der Waals surface area contributed by atoms with Crippen molar-refractivity contribution in [3.8, 4) is 0 Å². The van der Waals surface area contributed by atoms with Crippen LogP contribution in [-0.4, -0.2) is 33.6 Å². The molecule has 0 saturated carbocycles. The highest BCUT2D eigenvalue weighted by Gasteiger charge is 2.24. The van der Waals surface area contributed by atoms with E-state index in [2.05, 4.69) is 20.8 Å². The Kier molecular flexibility index (Phi) is 6.24. The van der Waals surface area contributed by atoms with Gasteiger partial charge in [0.1, 0.15) is 4.88 Å². The predicted octanol–water partition coefficient (Wildman–Crippen LogP) is 3.12. The summed E-state index contributed by atoms with van der Waals surface area (Å²) in [6.45, 7) is 3.69. The fourth-order valence-electron chi connectivity index (χ4n) is 2.25. The SMILES string of the molecule is CCOC(=O)c1sc(NN=C2NC(=O)/C(=C\c3ccc([N+](=O)[O-])cc3)S2)nc1C. The number of aromatic nitrogens is 1. The van der Waals surface area contributed by atoms with Crippen LogP contribution in [0.4, 0.5) is 10.8 Å². The van der Waals surface area contributed by atoms with Crippen molar-refractivity contribution < 1.29 is 19.2 Å². The lowest BCUT2D eigenvalue weighted by molar-refractivity contribution is -0.384. The van der Waals surface area contributed by atoms with Crippen LogP contribution in [0.3, 0.4) is 0 Å². The number of non-ortho nitro benzene ring substituents is 1. The van der Waals surface area contributed by atoms with Crippen molar-refractivity contribution in [1.82, 2.24) is 10.3 Å². The van der Waals surface area contributed by atoms with E-state index < -0.39 is 10.9 Å². The van der Waals surface area contributed by atoms with Crippen LogP contribution in [0.15, 0.2) is 34.3 Å². The number of nitro groups is 1. The summed E-state index contributed by atoms with van der Waals surface area (Å²) in [6.07, 6.45) is 1.61. The summed E-state index contributed by atoms with van der Waals surface area (Å²) in [5, 5.41) is 18.1. The first-order valence-corrected chi connectivity index (χ1v) is 9.94. The van der Waals surface area contributed by atoms with E-state index in [0.29, 0.717) is 31.3 Å². The van der Waals surface area contributed by atoms with Gasteiger partial charge in [-0.15, -0.1) is 5.10 Å². The zero-order valence-corrected chi connectivity index (χ0v) is 16.9. The zero-order valence-electron chi connectivity index (χ0n) is 15.3. The van der Waals surface area contributed by atoms with Gasteiger partial charge in [0.05, 0.1) is 22.1 Å². The Morgan fingerprint density at radius 1 is 1.41 bits per heavy atom. The molecule has 10 nitrogen and oxygen atoms in total. The first-order valence-electron chi connectivity index (χ1n) is 8.31. The van der Waals surface area contributed by atoms with Gasteiger partial charge in [0, 0.05) is 12.1 Å². The van der Waals surface area contributed by atoms with Crippen LogP contribution in [0.2, 0.25) is 0 Å². The third kappa shape index (κ3) is 4.97. The fourth-order valence-corrected chi connectivity index (χ4v) is 3.84. The van der Waals surface area contributed by atoms with E-state index >= 15 is 0 Å². The van der Waals surface area contributed by atoms with Gasteiger partial charge in [0.15, 0.2) is 5.17 Å². The predicted molar refractivity (Wildman–Crippen MR) is 111 cm³/mol. The molecule has 2 heterocycles. The van der Waals surface area contributed by atoms with E-state index in [9.17, 15) is 19.7 Å². The van der Waals surface area contributed by atoms with Crippen molar-refractivity contribution in [2.45, 2.75) is 13.8 Å². The number of benzene rings is 1.